The van der Waals surface area contributed by atoms with Crippen molar-refractivity contribution >= 4 is 15.7 Å². The van der Waals surface area contributed by atoms with Gasteiger partial charge in [-0.3, -0.25) is 4.79 Å². The van der Waals surface area contributed by atoms with Gasteiger partial charge in [0.05, 0.1) is 4.90 Å². The number of rotatable bonds is 5. The minimum absolute atomic E-state index is 0.0827. The molecule has 1 heterocycles. The lowest BCUT2D eigenvalue weighted by Gasteiger charge is -2.39. The van der Waals surface area contributed by atoms with Crippen LogP contribution in [0.5, 0.6) is 0 Å². The third kappa shape index (κ3) is 2.98. The molecule has 1 N–H and O–H groups in total. The zero-order chi connectivity index (χ0) is 20.2. The maximum Gasteiger partial charge on any atom is 0.287 e. The molecule has 150 valence electrons. The van der Waals surface area contributed by atoms with E-state index in [4.69, 9.17) is 4.42 Å². The molecule has 2 aliphatic rings. The zero-order valence-electron chi connectivity index (χ0n) is 16.6. The molecular formula is C22H27NO4S. The summed E-state index contributed by atoms with van der Waals surface area (Å²) in [6.07, 6.45) is 3.33. The van der Waals surface area contributed by atoms with Gasteiger partial charge in [0.1, 0.15) is 11.5 Å². The van der Waals surface area contributed by atoms with E-state index in [9.17, 15) is 13.2 Å². The van der Waals surface area contributed by atoms with Crippen molar-refractivity contribution in [3.05, 3.63) is 54.0 Å². The zero-order valence-corrected chi connectivity index (χ0v) is 17.4. The molecule has 0 spiro atoms. The summed E-state index contributed by atoms with van der Waals surface area (Å²) in [5.41, 5.74) is 0.294. The molecule has 28 heavy (non-hydrogen) atoms. The number of hydrogen-bond donors (Lipinski definition) is 1. The van der Waals surface area contributed by atoms with Crippen LogP contribution < -0.4 is 5.32 Å². The van der Waals surface area contributed by atoms with Crippen LogP contribution in [0, 0.1) is 16.7 Å². The molecule has 3 unspecified atom stereocenters. The van der Waals surface area contributed by atoms with Crippen molar-refractivity contribution in [3.63, 3.8) is 0 Å². The lowest BCUT2D eigenvalue weighted by atomic mass is 9.69. The van der Waals surface area contributed by atoms with Crippen LogP contribution in [0.25, 0.3) is 0 Å². The Kier molecular flexibility index (Phi) is 4.45. The van der Waals surface area contributed by atoms with E-state index in [1.165, 1.54) is 6.42 Å². The largest absolute Gasteiger partial charge is 0.455 e. The van der Waals surface area contributed by atoms with Crippen LogP contribution in [0.3, 0.4) is 0 Å². The fourth-order valence-corrected chi connectivity index (χ4v) is 6.40. The SMILES string of the molecule is CC1(C)C2CCC1(C)C(NC(=O)c1ccc(CS(=O)(=O)c3ccccc3)o1)C2. The number of benzene rings is 1. The van der Waals surface area contributed by atoms with Crippen LogP contribution in [-0.2, 0) is 15.6 Å². The monoisotopic (exact) mass is 401 g/mol. The predicted molar refractivity (Wildman–Crippen MR) is 107 cm³/mol. The van der Waals surface area contributed by atoms with E-state index < -0.39 is 9.84 Å². The first kappa shape index (κ1) is 19.2. The Hall–Kier alpha value is -2.08. The quantitative estimate of drug-likeness (QED) is 0.815. The molecule has 1 aromatic carbocycles. The van der Waals surface area contributed by atoms with Crippen LogP contribution in [0.4, 0.5) is 0 Å². The highest BCUT2D eigenvalue weighted by molar-refractivity contribution is 7.90. The van der Waals surface area contributed by atoms with Crippen LogP contribution in [0.2, 0.25) is 0 Å². The summed E-state index contributed by atoms with van der Waals surface area (Å²) in [6.45, 7) is 6.87. The number of nitrogens with one attached hydrogen (secondary N) is 1. The fourth-order valence-electron chi connectivity index (χ4n) is 5.13. The van der Waals surface area contributed by atoms with Gasteiger partial charge < -0.3 is 9.73 Å². The lowest BCUT2D eigenvalue weighted by Crippen LogP contribution is -2.46. The lowest BCUT2D eigenvalue weighted by molar-refractivity contribution is 0.0799. The highest BCUT2D eigenvalue weighted by Crippen LogP contribution is 2.65. The van der Waals surface area contributed by atoms with E-state index in [-0.39, 0.29) is 44.9 Å². The Balaban J connectivity index is 1.46. The van der Waals surface area contributed by atoms with E-state index in [0.717, 1.165) is 12.8 Å². The maximum atomic E-state index is 12.7. The van der Waals surface area contributed by atoms with Crippen molar-refractivity contribution in [2.24, 2.45) is 16.7 Å². The number of carbonyl (C=O) groups is 1. The van der Waals surface area contributed by atoms with E-state index in [0.29, 0.717) is 5.92 Å². The molecule has 0 aliphatic heterocycles. The second-order valence-electron chi connectivity index (χ2n) is 8.97. The molecule has 2 aromatic rings. The number of hydrogen-bond acceptors (Lipinski definition) is 4. The van der Waals surface area contributed by atoms with Gasteiger partial charge in [-0.25, -0.2) is 8.42 Å². The molecule has 1 aromatic heterocycles. The van der Waals surface area contributed by atoms with Gasteiger partial charge in [0.2, 0.25) is 0 Å². The molecule has 2 saturated carbocycles. The third-order valence-corrected chi connectivity index (χ3v) is 9.07. The van der Waals surface area contributed by atoms with Crippen molar-refractivity contribution < 1.29 is 17.6 Å². The van der Waals surface area contributed by atoms with E-state index in [1.54, 1.807) is 42.5 Å². The molecule has 2 fully saturated rings. The third-order valence-electron chi connectivity index (χ3n) is 7.42. The van der Waals surface area contributed by atoms with Gasteiger partial charge in [0.25, 0.3) is 5.91 Å². The van der Waals surface area contributed by atoms with Crippen molar-refractivity contribution in [1.82, 2.24) is 5.32 Å². The average Bonchev–Trinajstić information content (AvgIpc) is 3.25. The van der Waals surface area contributed by atoms with Crippen LogP contribution in [-0.4, -0.2) is 20.4 Å². The second kappa shape index (κ2) is 6.48. The van der Waals surface area contributed by atoms with Gasteiger partial charge >= 0.3 is 0 Å². The summed E-state index contributed by atoms with van der Waals surface area (Å²) in [4.78, 5) is 13.0. The first-order valence-electron chi connectivity index (χ1n) is 9.81. The van der Waals surface area contributed by atoms with Crippen molar-refractivity contribution in [1.29, 1.82) is 0 Å². The van der Waals surface area contributed by atoms with Gasteiger partial charge in [-0.15, -0.1) is 0 Å². The molecule has 1 amide bonds. The molecule has 2 aliphatic carbocycles. The van der Waals surface area contributed by atoms with Crippen LogP contribution in [0.1, 0.15) is 56.3 Å². The molecule has 2 bridgehead atoms. The highest BCUT2D eigenvalue weighted by atomic mass is 32.2. The Morgan fingerprint density at radius 3 is 2.46 bits per heavy atom. The summed E-state index contributed by atoms with van der Waals surface area (Å²) in [5, 5.41) is 3.15. The minimum atomic E-state index is -3.51. The van der Waals surface area contributed by atoms with Gasteiger partial charge in [0.15, 0.2) is 15.6 Å². The number of furan rings is 1. The minimum Gasteiger partial charge on any atom is -0.455 e. The van der Waals surface area contributed by atoms with E-state index in [1.807, 2.05) is 0 Å². The van der Waals surface area contributed by atoms with Crippen LogP contribution >= 0.6 is 0 Å². The molecule has 4 rings (SSSR count). The highest BCUT2D eigenvalue weighted by Gasteiger charge is 2.61. The van der Waals surface area contributed by atoms with E-state index in [2.05, 4.69) is 26.1 Å². The second-order valence-corrected chi connectivity index (χ2v) is 11.0. The summed E-state index contributed by atoms with van der Waals surface area (Å²) in [7, 11) is -3.51. The Morgan fingerprint density at radius 2 is 1.86 bits per heavy atom. The number of fused-ring (bicyclic) bond motifs is 2. The fraction of sp³-hybridized carbons (Fsp3) is 0.500. The van der Waals surface area contributed by atoms with Crippen molar-refractivity contribution in [3.8, 4) is 0 Å². The molecular weight excluding hydrogens is 374 g/mol. The topological polar surface area (TPSA) is 76.4 Å². The first-order valence-corrected chi connectivity index (χ1v) is 11.5. The van der Waals surface area contributed by atoms with Crippen LogP contribution in [0.15, 0.2) is 51.8 Å². The average molecular weight is 402 g/mol. The number of carbonyl (C=O) groups excluding carboxylic acids is 1. The van der Waals surface area contributed by atoms with E-state index >= 15 is 0 Å². The van der Waals surface area contributed by atoms with Gasteiger partial charge in [-0.05, 0) is 60.3 Å². The van der Waals surface area contributed by atoms with Gasteiger partial charge in [-0.2, -0.15) is 0 Å². The van der Waals surface area contributed by atoms with Crippen molar-refractivity contribution in [2.45, 2.75) is 56.7 Å². The predicted octanol–water partition coefficient (Wildman–Crippen LogP) is 4.20. The molecule has 3 atom stereocenters. The molecule has 0 radical (unpaired) electrons. The van der Waals surface area contributed by atoms with Gasteiger partial charge in [-0.1, -0.05) is 39.0 Å². The first-order chi connectivity index (χ1) is 13.1. The summed E-state index contributed by atoms with van der Waals surface area (Å²) in [6, 6.07) is 11.5. The number of amides is 1. The maximum absolute atomic E-state index is 12.7. The van der Waals surface area contributed by atoms with Crippen molar-refractivity contribution in [2.75, 3.05) is 0 Å². The Morgan fingerprint density at radius 1 is 1.14 bits per heavy atom. The summed E-state index contributed by atoms with van der Waals surface area (Å²) >= 11 is 0. The summed E-state index contributed by atoms with van der Waals surface area (Å²) in [5.74, 6) is 0.542. The van der Waals surface area contributed by atoms with Gasteiger partial charge in [0, 0.05) is 6.04 Å². The summed E-state index contributed by atoms with van der Waals surface area (Å²) < 4.78 is 30.6. The standard InChI is InChI=1S/C22H27NO4S/c1-21(2)15-11-12-22(21,3)19(13-15)23-20(24)18-10-9-16(27-18)14-28(25,26)17-7-5-4-6-8-17/h4-10,15,19H,11-14H2,1-3H3,(H,23,24). The smallest absolute Gasteiger partial charge is 0.287 e. The Labute approximate surface area is 166 Å². The molecule has 6 heteroatoms. The molecule has 0 saturated heterocycles. The Bertz CT molecular complexity index is 993. The number of sulfone groups is 1. The normalized spacial score (nSPS) is 28.4. The molecule has 5 nitrogen and oxygen atoms in total.